The number of ether oxygens (including phenoxy) is 3. The Bertz CT molecular complexity index is 1010. The van der Waals surface area contributed by atoms with Crippen LogP contribution in [0.25, 0.3) is 0 Å². The van der Waals surface area contributed by atoms with E-state index in [0.29, 0.717) is 44.9 Å². The summed E-state index contributed by atoms with van der Waals surface area (Å²) >= 11 is 0. The third-order valence-electron chi connectivity index (χ3n) is 6.60. The summed E-state index contributed by atoms with van der Waals surface area (Å²) in [7, 11) is -0.251. The summed E-state index contributed by atoms with van der Waals surface area (Å²) in [6.07, 6.45) is 2.14. The number of benzene rings is 1. The monoisotopic (exact) mass is 511 g/mol. The average Bonchev–Trinajstić information content (AvgIpc) is 2.82. The lowest BCUT2D eigenvalue weighted by atomic mass is 9.95. The summed E-state index contributed by atoms with van der Waals surface area (Å²) in [4.78, 5) is 30.2. The number of likely N-dealkylation sites (N-methyl/N-ethyl adjacent to an activating group) is 1. The van der Waals surface area contributed by atoms with Crippen LogP contribution < -0.4 is 9.46 Å². The Morgan fingerprint density at radius 1 is 1.17 bits per heavy atom. The van der Waals surface area contributed by atoms with E-state index in [2.05, 4.69) is 4.72 Å². The second-order valence-corrected chi connectivity index (χ2v) is 11.3. The summed E-state index contributed by atoms with van der Waals surface area (Å²) in [6, 6.07) is 4.35. The van der Waals surface area contributed by atoms with Gasteiger partial charge >= 0.3 is 0 Å². The van der Waals surface area contributed by atoms with Crippen molar-refractivity contribution < 1.29 is 32.2 Å². The van der Waals surface area contributed by atoms with Gasteiger partial charge in [-0.1, -0.05) is 6.92 Å². The maximum atomic E-state index is 13.5. The Morgan fingerprint density at radius 2 is 1.86 bits per heavy atom. The van der Waals surface area contributed by atoms with Crippen molar-refractivity contribution in [2.75, 3.05) is 58.0 Å². The molecule has 2 aliphatic heterocycles. The molecule has 2 amide bonds. The van der Waals surface area contributed by atoms with Gasteiger partial charge in [0.2, 0.25) is 15.9 Å². The molecule has 0 aliphatic carbocycles. The standard InChI is InChI=1S/C24H37N3O7S/c1-16-13-27(23(28)18-8-10-33-11-9-18)17(2)15-34-21-7-6-19(25-35(5,30)31)12-20(21)24(29)26(3)14-22(16)32-4/h6-7,12,16-18,22,25H,8-11,13-15H2,1-5H3/t16-,17+,22-/m0/s1. The van der Waals surface area contributed by atoms with Crippen LogP contribution in [0.1, 0.15) is 37.0 Å². The van der Waals surface area contributed by atoms with E-state index in [4.69, 9.17) is 14.2 Å². The lowest BCUT2D eigenvalue weighted by molar-refractivity contribution is -0.142. The molecule has 196 valence electrons. The van der Waals surface area contributed by atoms with E-state index in [1.807, 2.05) is 18.7 Å². The minimum absolute atomic E-state index is 0.0429. The Balaban J connectivity index is 1.95. The molecule has 0 bridgehead atoms. The van der Waals surface area contributed by atoms with Gasteiger partial charge in [-0.3, -0.25) is 14.3 Å². The number of amides is 2. The van der Waals surface area contributed by atoms with Crippen LogP contribution >= 0.6 is 0 Å². The van der Waals surface area contributed by atoms with Crippen LogP contribution in [0.5, 0.6) is 5.75 Å². The van der Waals surface area contributed by atoms with Crippen molar-refractivity contribution >= 4 is 27.5 Å². The predicted molar refractivity (Wildman–Crippen MR) is 132 cm³/mol. The normalized spacial score (nSPS) is 25.2. The van der Waals surface area contributed by atoms with E-state index in [1.165, 1.54) is 11.0 Å². The van der Waals surface area contributed by atoms with E-state index >= 15 is 0 Å². The first-order valence-corrected chi connectivity index (χ1v) is 13.8. The number of carbonyl (C=O) groups excluding carboxylic acids is 2. The molecule has 1 aromatic rings. The summed E-state index contributed by atoms with van der Waals surface area (Å²) < 4.78 is 43.1. The number of hydrogen-bond acceptors (Lipinski definition) is 7. The molecule has 11 heteroatoms. The second kappa shape index (κ2) is 11.6. The maximum Gasteiger partial charge on any atom is 0.257 e. The first-order chi connectivity index (χ1) is 16.5. The number of methoxy groups -OCH3 is 1. The van der Waals surface area contributed by atoms with Crippen LogP contribution in [0, 0.1) is 11.8 Å². The first kappa shape index (κ1) is 27.2. The van der Waals surface area contributed by atoms with Gasteiger partial charge in [0.05, 0.1) is 24.0 Å². The van der Waals surface area contributed by atoms with Gasteiger partial charge in [-0.2, -0.15) is 0 Å². The quantitative estimate of drug-likeness (QED) is 0.656. The van der Waals surface area contributed by atoms with Crippen molar-refractivity contribution in [1.29, 1.82) is 0 Å². The molecule has 2 aliphatic rings. The topological polar surface area (TPSA) is 114 Å². The van der Waals surface area contributed by atoms with Crippen molar-refractivity contribution in [2.24, 2.45) is 11.8 Å². The molecule has 35 heavy (non-hydrogen) atoms. The fraction of sp³-hybridized carbons (Fsp3) is 0.667. The largest absolute Gasteiger partial charge is 0.491 e. The van der Waals surface area contributed by atoms with Crippen molar-refractivity contribution in [2.45, 2.75) is 38.8 Å². The molecule has 3 atom stereocenters. The van der Waals surface area contributed by atoms with E-state index in [-0.39, 0.29) is 53.7 Å². The average molecular weight is 512 g/mol. The van der Waals surface area contributed by atoms with Gasteiger partial charge in [-0.15, -0.1) is 0 Å². The molecule has 0 saturated carbocycles. The van der Waals surface area contributed by atoms with Crippen molar-refractivity contribution in [3.8, 4) is 5.75 Å². The van der Waals surface area contributed by atoms with Crippen LogP contribution in [0.2, 0.25) is 0 Å². The summed E-state index contributed by atoms with van der Waals surface area (Å²) in [5.74, 6) is -0.0313. The highest BCUT2D eigenvalue weighted by molar-refractivity contribution is 7.92. The summed E-state index contributed by atoms with van der Waals surface area (Å²) in [5, 5.41) is 0. The number of nitrogens with one attached hydrogen (secondary N) is 1. The molecule has 2 heterocycles. The number of sulfonamides is 1. The SMILES string of the molecule is CO[C@H]1CN(C)C(=O)c2cc(NS(C)(=O)=O)ccc2OC[C@@H](C)N(C(=O)C2CCOCC2)C[C@@H]1C. The Labute approximate surface area is 207 Å². The minimum atomic E-state index is -3.52. The van der Waals surface area contributed by atoms with Gasteiger partial charge < -0.3 is 24.0 Å². The highest BCUT2D eigenvalue weighted by Crippen LogP contribution is 2.28. The fourth-order valence-corrected chi connectivity index (χ4v) is 5.10. The van der Waals surface area contributed by atoms with Crippen LogP contribution in [0.4, 0.5) is 5.69 Å². The second-order valence-electron chi connectivity index (χ2n) is 9.56. The van der Waals surface area contributed by atoms with Crippen LogP contribution in [-0.4, -0.2) is 95.5 Å². The maximum absolute atomic E-state index is 13.5. The van der Waals surface area contributed by atoms with E-state index in [9.17, 15) is 18.0 Å². The lowest BCUT2D eigenvalue weighted by Crippen LogP contribution is -2.50. The van der Waals surface area contributed by atoms with E-state index in [1.54, 1.807) is 26.3 Å². The molecule has 1 fully saturated rings. The Kier molecular flexibility index (Phi) is 9.00. The summed E-state index contributed by atoms with van der Waals surface area (Å²) in [6.45, 7) is 6.06. The minimum Gasteiger partial charge on any atom is -0.491 e. The summed E-state index contributed by atoms with van der Waals surface area (Å²) in [5.41, 5.74) is 0.503. The van der Waals surface area contributed by atoms with Gasteiger partial charge in [0.25, 0.3) is 5.91 Å². The zero-order valence-corrected chi connectivity index (χ0v) is 22.0. The third kappa shape index (κ3) is 7.08. The Hall–Kier alpha value is -2.37. The highest BCUT2D eigenvalue weighted by Gasteiger charge is 2.33. The van der Waals surface area contributed by atoms with Gasteiger partial charge in [-0.05, 0) is 38.0 Å². The zero-order valence-electron chi connectivity index (χ0n) is 21.2. The third-order valence-corrected chi connectivity index (χ3v) is 7.21. The van der Waals surface area contributed by atoms with Gasteiger partial charge in [0.15, 0.2) is 0 Å². The van der Waals surface area contributed by atoms with Gasteiger partial charge in [-0.25, -0.2) is 8.42 Å². The molecule has 1 N–H and O–H groups in total. The number of rotatable bonds is 4. The number of hydrogen-bond donors (Lipinski definition) is 1. The molecule has 10 nitrogen and oxygen atoms in total. The molecule has 0 aromatic heterocycles. The molecular formula is C24H37N3O7S. The molecule has 1 aromatic carbocycles. The molecule has 0 radical (unpaired) electrons. The molecule has 0 unspecified atom stereocenters. The van der Waals surface area contributed by atoms with Crippen molar-refractivity contribution in [1.82, 2.24) is 9.80 Å². The van der Waals surface area contributed by atoms with Crippen LogP contribution in [-0.2, 0) is 24.3 Å². The van der Waals surface area contributed by atoms with Crippen LogP contribution in [0.3, 0.4) is 0 Å². The van der Waals surface area contributed by atoms with Crippen molar-refractivity contribution in [3.05, 3.63) is 23.8 Å². The smallest absolute Gasteiger partial charge is 0.257 e. The molecular weight excluding hydrogens is 474 g/mol. The molecule has 0 spiro atoms. The number of carbonyl (C=O) groups is 2. The molecule has 1 saturated heterocycles. The fourth-order valence-electron chi connectivity index (χ4n) is 4.54. The van der Waals surface area contributed by atoms with E-state index in [0.717, 1.165) is 6.26 Å². The van der Waals surface area contributed by atoms with Crippen LogP contribution in [0.15, 0.2) is 18.2 Å². The Morgan fingerprint density at radius 3 is 2.49 bits per heavy atom. The highest BCUT2D eigenvalue weighted by atomic mass is 32.2. The zero-order chi connectivity index (χ0) is 25.8. The predicted octanol–water partition coefficient (Wildman–Crippen LogP) is 1.82. The van der Waals surface area contributed by atoms with Gasteiger partial charge in [0, 0.05) is 58.0 Å². The van der Waals surface area contributed by atoms with Crippen molar-refractivity contribution in [3.63, 3.8) is 0 Å². The number of fused-ring (bicyclic) bond motifs is 1. The first-order valence-electron chi connectivity index (χ1n) is 11.9. The number of anilines is 1. The molecule has 3 rings (SSSR count). The lowest BCUT2D eigenvalue weighted by Gasteiger charge is -2.38. The van der Waals surface area contributed by atoms with Gasteiger partial charge in [0.1, 0.15) is 12.4 Å². The van der Waals surface area contributed by atoms with E-state index < -0.39 is 10.0 Å². The number of nitrogens with zero attached hydrogens (tertiary/aromatic N) is 2.